The zero-order valence-corrected chi connectivity index (χ0v) is 10.1. The number of halogens is 1. The molecule has 0 saturated carbocycles. The highest BCUT2D eigenvalue weighted by Gasteiger charge is 2.39. The Morgan fingerprint density at radius 1 is 1.50 bits per heavy atom. The molecule has 1 aromatic carbocycles. The van der Waals surface area contributed by atoms with Gasteiger partial charge in [0.05, 0.1) is 0 Å². The van der Waals surface area contributed by atoms with E-state index in [4.69, 9.17) is 0 Å². The topological polar surface area (TPSA) is 17.1 Å². The van der Waals surface area contributed by atoms with E-state index >= 15 is 0 Å². The first-order valence-electron chi connectivity index (χ1n) is 5.47. The highest BCUT2D eigenvalue weighted by atomic mass is 32.2. The van der Waals surface area contributed by atoms with Crippen molar-refractivity contribution in [3.8, 4) is 0 Å². The van der Waals surface area contributed by atoms with E-state index in [9.17, 15) is 9.18 Å². The third-order valence-electron chi connectivity index (χ3n) is 3.31. The van der Waals surface area contributed by atoms with Crippen molar-refractivity contribution in [2.24, 2.45) is 5.92 Å². The Balaban J connectivity index is 2.37. The molecular formula is C13H15FOS. The molecule has 1 fully saturated rings. The summed E-state index contributed by atoms with van der Waals surface area (Å²) in [5.74, 6) is 1.90. The van der Waals surface area contributed by atoms with Gasteiger partial charge in [-0.15, -0.1) is 0 Å². The van der Waals surface area contributed by atoms with Crippen molar-refractivity contribution < 1.29 is 9.18 Å². The lowest BCUT2D eigenvalue weighted by Crippen LogP contribution is -2.28. The molecule has 1 nitrogen and oxygen atoms in total. The van der Waals surface area contributed by atoms with Gasteiger partial charge in [-0.3, -0.25) is 4.79 Å². The SMILES string of the molecule is CC(F)(c1ccccc1C=O)C1CCSC1. The van der Waals surface area contributed by atoms with E-state index in [1.54, 1.807) is 43.0 Å². The molecule has 0 bridgehead atoms. The predicted molar refractivity (Wildman–Crippen MR) is 65.7 cm³/mol. The Kier molecular flexibility index (Phi) is 3.33. The van der Waals surface area contributed by atoms with Gasteiger partial charge in [-0.05, 0) is 30.4 Å². The first-order valence-corrected chi connectivity index (χ1v) is 6.63. The molecule has 0 N–H and O–H groups in total. The standard InChI is InChI=1S/C13H15FOS/c1-13(14,11-6-7-16-9-11)12-5-3-2-4-10(12)8-15/h2-5,8,11H,6-7,9H2,1H3. The first kappa shape index (κ1) is 11.6. The maximum absolute atomic E-state index is 14.8. The summed E-state index contributed by atoms with van der Waals surface area (Å²) in [5, 5.41) is 0. The lowest BCUT2D eigenvalue weighted by Gasteiger charge is -2.28. The van der Waals surface area contributed by atoms with E-state index in [2.05, 4.69) is 0 Å². The van der Waals surface area contributed by atoms with Gasteiger partial charge < -0.3 is 0 Å². The van der Waals surface area contributed by atoms with Gasteiger partial charge >= 0.3 is 0 Å². The molecule has 0 aromatic heterocycles. The summed E-state index contributed by atoms with van der Waals surface area (Å²) in [4.78, 5) is 10.9. The molecule has 1 heterocycles. The van der Waals surface area contributed by atoms with Crippen molar-refractivity contribution in [1.82, 2.24) is 0 Å². The van der Waals surface area contributed by atoms with Crippen LogP contribution in [-0.4, -0.2) is 17.8 Å². The number of alkyl halides is 1. The quantitative estimate of drug-likeness (QED) is 0.750. The van der Waals surface area contributed by atoms with Crippen LogP contribution in [0.4, 0.5) is 4.39 Å². The Labute approximate surface area is 99.4 Å². The van der Waals surface area contributed by atoms with Gasteiger partial charge in [0.2, 0.25) is 0 Å². The normalized spacial score (nSPS) is 24.0. The number of hydrogen-bond donors (Lipinski definition) is 0. The van der Waals surface area contributed by atoms with Crippen molar-refractivity contribution in [3.63, 3.8) is 0 Å². The molecule has 0 aliphatic carbocycles. The Bertz CT molecular complexity index is 383. The van der Waals surface area contributed by atoms with Crippen LogP contribution in [0, 0.1) is 5.92 Å². The smallest absolute Gasteiger partial charge is 0.150 e. The minimum atomic E-state index is -1.39. The van der Waals surface area contributed by atoms with Crippen LogP contribution < -0.4 is 0 Å². The monoisotopic (exact) mass is 238 g/mol. The second kappa shape index (κ2) is 4.58. The summed E-state index contributed by atoms with van der Waals surface area (Å²) in [6, 6.07) is 6.98. The van der Waals surface area contributed by atoms with Crippen molar-refractivity contribution in [3.05, 3.63) is 35.4 Å². The van der Waals surface area contributed by atoms with Crippen molar-refractivity contribution in [2.45, 2.75) is 19.0 Å². The number of aldehydes is 1. The lowest BCUT2D eigenvalue weighted by atomic mass is 9.82. The van der Waals surface area contributed by atoms with Crippen LogP contribution >= 0.6 is 11.8 Å². The van der Waals surface area contributed by atoms with E-state index in [-0.39, 0.29) is 5.92 Å². The zero-order chi connectivity index (χ0) is 11.6. The predicted octanol–water partition coefficient (Wildman–Crippen LogP) is 3.44. The van der Waals surface area contributed by atoms with Gasteiger partial charge in [-0.2, -0.15) is 11.8 Å². The molecule has 0 amide bonds. The number of hydrogen-bond acceptors (Lipinski definition) is 2. The molecule has 3 heteroatoms. The van der Waals surface area contributed by atoms with Gasteiger partial charge in [0.15, 0.2) is 0 Å². The van der Waals surface area contributed by atoms with Gasteiger partial charge in [0.25, 0.3) is 0 Å². The fourth-order valence-corrected chi connectivity index (χ4v) is 3.61. The van der Waals surface area contributed by atoms with Gasteiger partial charge in [-0.25, -0.2) is 4.39 Å². The molecule has 1 aliphatic heterocycles. The second-order valence-corrected chi connectivity index (χ2v) is 5.49. The Morgan fingerprint density at radius 3 is 2.88 bits per heavy atom. The summed E-state index contributed by atoms with van der Waals surface area (Å²) in [6.07, 6.45) is 1.64. The van der Waals surface area contributed by atoms with Gasteiger partial charge in [0, 0.05) is 11.5 Å². The molecule has 86 valence electrons. The number of carbonyl (C=O) groups is 1. The van der Waals surface area contributed by atoms with Gasteiger partial charge in [-0.1, -0.05) is 24.3 Å². The van der Waals surface area contributed by atoms with Gasteiger partial charge in [0.1, 0.15) is 12.0 Å². The van der Waals surface area contributed by atoms with Crippen LogP contribution in [0.3, 0.4) is 0 Å². The van der Waals surface area contributed by atoms with Crippen LogP contribution in [0.25, 0.3) is 0 Å². The highest BCUT2D eigenvalue weighted by molar-refractivity contribution is 7.99. The van der Waals surface area contributed by atoms with Crippen LogP contribution in [-0.2, 0) is 5.67 Å². The molecule has 2 atom stereocenters. The average molecular weight is 238 g/mol. The van der Waals surface area contributed by atoms with E-state index in [0.717, 1.165) is 24.2 Å². The molecule has 1 aliphatic rings. The lowest BCUT2D eigenvalue weighted by molar-refractivity contribution is 0.106. The number of benzene rings is 1. The zero-order valence-electron chi connectivity index (χ0n) is 9.28. The second-order valence-electron chi connectivity index (χ2n) is 4.34. The maximum Gasteiger partial charge on any atom is 0.150 e. The molecule has 1 saturated heterocycles. The van der Waals surface area contributed by atoms with E-state index in [1.807, 2.05) is 0 Å². The average Bonchev–Trinajstić information content (AvgIpc) is 2.83. The summed E-state index contributed by atoms with van der Waals surface area (Å²) in [5.41, 5.74) is -0.372. The van der Waals surface area contributed by atoms with Crippen LogP contribution in [0.2, 0.25) is 0 Å². The Morgan fingerprint density at radius 2 is 2.25 bits per heavy atom. The third-order valence-corrected chi connectivity index (χ3v) is 4.47. The number of rotatable bonds is 3. The summed E-state index contributed by atoms with van der Waals surface area (Å²) in [6.45, 7) is 1.60. The number of carbonyl (C=O) groups excluding carboxylic acids is 1. The molecule has 2 unspecified atom stereocenters. The van der Waals surface area contributed by atoms with Crippen molar-refractivity contribution in [2.75, 3.05) is 11.5 Å². The highest BCUT2D eigenvalue weighted by Crippen LogP contribution is 2.42. The largest absolute Gasteiger partial charge is 0.298 e. The molecule has 0 spiro atoms. The summed E-state index contributed by atoms with van der Waals surface area (Å²) >= 11 is 1.79. The number of thioether (sulfide) groups is 1. The minimum absolute atomic E-state index is 0.0265. The van der Waals surface area contributed by atoms with Crippen molar-refractivity contribution in [1.29, 1.82) is 0 Å². The molecule has 1 aromatic rings. The van der Waals surface area contributed by atoms with Crippen LogP contribution in [0.1, 0.15) is 29.3 Å². The van der Waals surface area contributed by atoms with Crippen LogP contribution in [0.5, 0.6) is 0 Å². The van der Waals surface area contributed by atoms with E-state index in [0.29, 0.717) is 11.1 Å². The Hall–Kier alpha value is -0.830. The fourth-order valence-electron chi connectivity index (χ4n) is 2.23. The fraction of sp³-hybridized carbons (Fsp3) is 0.462. The third kappa shape index (κ3) is 2.01. The molecule has 2 rings (SSSR count). The first-order chi connectivity index (χ1) is 7.66. The van der Waals surface area contributed by atoms with Crippen LogP contribution in [0.15, 0.2) is 24.3 Å². The summed E-state index contributed by atoms with van der Waals surface area (Å²) < 4.78 is 14.8. The minimum Gasteiger partial charge on any atom is -0.298 e. The molecule has 0 radical (unpaired) electrons. The summed E-state index contributed by atoms with van der Waals surface area (Å²) in [7, 11) is 0. The van der Waals surface area contributed by atoms with E-state index < -0.39 is 5.67 Å². The molecule has 16 heavy (non-hydrogen) atoms. The maximum atomic E-state index is 14.8. The molecular weight excluding hydrogens is 223 g/mol. The van der Waals surface area contributed by atoms with Crippen molar-refractivity contribution >= 4 is 18.0 Å². The van der Waals surface area contributed by atoms with E-state index in [1.165, 1.54) is 0 Å².